The molecule has 0 aliphatic rings. The van der Waals surface area contributed by atoms with Gasteiger partial charge in [-0.25, -0.2) is 8.42 Å². The minimum absolute atomic E-state index is 0.0422. The molecule has 0 spiro atoms. The smallest absolute Gasteiger partial charge is 0.416 e. The highest BCUT2D eigenvalue weighted by molar-refractivity contribution is 7.89. The van der Waals surface area contributed by atoms with Gasteiger partial charge in [-0.15, -0.1) is 10.2 Å². The lowest BCUT2D eigenvalue weighted by Crippen LogP contribution is -2.09. The fourth-order valence-electron chi connectivity index (χ4n) is 1.68. The molecule has 0 fully saturated rings. The van der Waals surface area contributed by atoms with E-state index < -0.39 is 33.1 Å². The molecule has 5 nitrogen and oxygen atoms in total. The quantitative estimate of drug-likeness (QED) is 0.865. The molecule has 1 aromatic carbocycles. The van der Waals surface area contributed by atoms with Gasteiger partial charge in [-0.2, -0.15) is 13.2 Å². The molecule has 0 bridgehead atoms. The average Bonchev–Trinajstić information content (AvgIpc) is 2.72. The van der Waals surface area contributed by atoms with Crippen LogP contribution in [0.4, 0.5) is 13.2 Å². The Morgan fingerprint density at radius 2 is 1.71 bits per heavy atom. The summed E-state index contributed by atoms with van der Waals surface area (Å²) in [5.41, 5.74) is -0.560. The van der Waals surface area contributed by atoms with Crippen molar-refractivity contribution in [1.82, 2.24) is 10.2 Å². The lowest BCUT2D eigenvalue weighted by molar-refractivity contribution is -0.137. The molecule has 0 saturated carbocycles. The summed E-state index contributed by atoms with van der Waals surface area (Å²) >= 11 is 0. The van der Waals surface area contributed by atoms with E-state index in [0.29, 0.717) is 0 Å². The second-order valence-electron chi connectivity index (χ2n) is 4.44. The van der Waals surface area contributed by atoms with Gasteiger partial charge in [0.25, 0.3) is 0 Å². The molecule has 0 radical (unpaired) electrons. The zero-order valence-electron chi connectivity index (χ0n) is 10.9. The van der Waals surface area contributed by atoms with E-state index in [4.69, 9.17) is 4.42 Å². The Hall–Kier alpha value is -1.90. The van der Waals surface area contributed by atoms with Gasteiger partial charge in [0.05, 0.1) is 11.3 Å². The van der Waals surface area contributed by atoms with Crippen LogP contribution in [0.15, 0.2) is 28.7 Å². The van der Waals surface area contributed by atoms with Crippen molar-refractivity contribution in [3.05, 3.63) is 47.2 Å². The summed E-state index contributed by atoms with van der Waals surface area (Å²) in [5, 5.41) is 7.08. The van der Waals surface area contributed by atoms with Gasteiger partial charge in [-0.1, -0.05) is 12.1 Å². The molecule has 0 aliphatic carbocycles. The maximum Gasteiger partial charge on any atom is 0.416 e. The fourth-order valence-corrected chi connectivity index (χ4v) is 2.97. The summed E-state index contributed by atoms with van der Waals surface area (Å²) in [4.78, 5) is 0. The average molecular weight is 320 g/mol. The fraction of sp³-hybridized carbons (Fsp3) is 0.333. The zero-order chi connectivity index (χ0) is 15.7. The Labute approximate surface area is 118 Å². The number of halogens is 3. The summed E-state index contributed by atoms with van der Waals surface area (Å²) in [6.07, 6.45) is -4.45. The Balaban J connectivity index is 2.10. The number of hydrogen-bond donors (Lipinski definition) is 0. The normalized spacial score (nSPS) is 12.6. The number of benzene rings is 1. The number of sulfone groups is 1. The van der Waals surface area contributed by atoms with E-state index in [1.54, 1.807) is 0 Å². The molecule has 2 aromatic rings. The zero-order valence-corrected chi connectivity index (χ0v) is 11.7. The molecule has 0 amide bonds. The van der Waals surface area contributed by atoms with Crippen LogP contribution in [0.5, 0.6) is 0 Å². The van der Waals surface area contributed by atoms with E-state index in [2.05, 4.69) is 10.2 Å². The molecular formula is C12H11F3N2O3S. The number of rotatable bonds is 4. The topological polar surface area (TPSA) is 73.1 Å². The summed E-state index contributed by atoms with van der Waals surface area (Å²) in [7, 11) is -3.60. The molecule has 0 saturated heterocycles. The standard InChI is InChI=1S/C12H11F3N2O3S/c1-8-16-17-11(20-8)7-21(18,19)6-9-2-4-10(5-3-9)12(13,14)15/h2-5H,6-7H2,1H3. The first-order valence-electron chi connectivity index (χ1n) is 5.81. The van der Waals surface area contributed by atoms with Crippen LogP contribution < -0.4 is 0 Å². The SMILES string of the molecule is Cc1nnc(CS(=O)(=O)Cc2ccc(C(F)(F)F)cc2)o1. The van der Waals surface area contributed by atoms with Crippen LogP contribution in [0.3, 0.4) is 0 Å². The first kappa shape index (κ1) is 15.5. The van der Waals surface area contributed by atoms with Crippen molar-refractivity contribution in [2.45, 2.75) is 24.6 Å². The van der Waals surface area contributed by atoms with E-state index in [1.165, 1.54) is 6.92 Å². The Bertz CT molecular complexity index is 721. The van der Waals surface area contributed by atoms with Crippen LogP contribution in [-0.2, 0) is 27.5 Å². The largest absolute Gasteiger partial charge is 0.424 e. The lowest BCUT2D eigenvalue weighted by atomic mass is 10.1. The molecule has 0 aliphatic heterocycles. The highest BCUT2D eigenvalue weighted by Gasteiger charge is 2.30. The van der Waals surface area contributed by atoms with E-state index in [0.717, 1.165) is 24.3 Å². The van der Waals surface area contributed by atoms with Gasteiger partial charge in [-0.3, -0.25) is 0 Å². The summed E-state index contributed by atoms with van der Waals surface area (Å²) < 4.78 is 66.0. The van der Waals surface area contributed by atoms with E-state index >= 15 is 0 Å². The van der Waals surface area contributed by atoms with E-state index in [-0.39, 0.29) is 17.3 Å². The van der Waals surface area contributed by atoms with Crippen LogP contribution in [0.25, 0.3) is 0 Å². The van der Waals surface area contributed by atoms with E-state index in [1.807, 2.05) is 0 Å². The van der Waals surface area contributed by atoms with Gasteiger partial charge in [0.2, 0.25) is 11.8 Å². The predicted molar refractivity (Wildman–Crippen MR) is 66.8 cm³/mol. The minimum Gasteiger partial charge on any atom is -0.424 e. The summed E-state index contributed by atoms with van der Waals surface area (Å²) in [6.45, 7) is 1.53. The highest BCUT2D eigenvalue weighted by atomic mass is 32.2. The van der Waals surface area contributed by atoms with Gasteiger partial charge < -0.3 is 4.42 Å². The van der Waals surface area contributed by atoms with Crippen molar-refractivity contribution < 1.29 is 26.0 Å². The Kier molecular flexibility index (Phi) is 4.04. The van der Waals surface area contributed by atoms with Crippen molar-refractivity contribution >= 4 is 9.84 Å². The third-order valence-corrected chi connectivity index (χ3v) is 4.04. The molecular weight excluding hydrogens is 309 g/mol. The van der Waals surface area contributed by atoms with Crippen molar-refractivity contribution in [1.29, 1.82) is 0 Å². The molecule has 21 heavy (non-hydrogen) atoms. The number of hydrogen-bond acceptors (Lipinski definition) is 5. The highest BCUT2D eigenvalue weighted by Crippen LogP contribution is 2.29. The predicted octanol–water partition coefficient (Wildman–Crippen LogP) is 2.51. The maximum atomic E-state index is 12.4. The molecule has 0 atom stereocenters. The molecule has 0 unspecified atom stereocenters. The van der Waals surface area contributed by atoms with Gasteiger partial charge in [0.15, 0.2) is 9.84 Å². The second kappa shape index (κ2) is 5.47. The van der Waals surface area contributed by atoms with Crippen LogP contribution in [0.1, 0.15) is 22.9 Å². The number of alkyl halides is 3. The number of aromatic nitrogens is 2. The van der Waals surface area contributed by atoms with Gasteiger partial charge in [0, 0.05) is 6.92 Å². The molecule has 0 N–H and O–H groups in total. The van der Waals surface area contributed by atoms with Crippen molar-refractivity contribution in [3.8, 4) is 0 Å². The van der Waals surface area contributed by atoms with Crippen LogP contribution in [0.2, 0.25) is 0 Å². The molecule has 114 valence electrons. The Morgan fingerprint density at radius 1 is 1.10 bits per heavy atom. The molecule has 9 heteroatoms. The number of aryl methyl sites for hydroxylation is 1. The molecule has 1 heterocycles. The van der Waals surface area contributed by atoms with Crippen LogP contribution in [-0.4, -0.2) is 18.6 Å². The minimum atomic E-state index is -4.45. The third-order valence-electron chi connectivity index (χ3n) is 2.58. The third kappa shape index (κ3) is 4.28. The summed E-state index contributed by atoms with van der Waals surface area (Å²) in [6, 6.07) is 3.97. The van der Waals surface area contributed by atoms with Crippen molar-refractivity contribution in [3.63, 3.8) is 0 Å². The number of nitrogens with zero attached hydrogens (tertiary/aromatic N) is 2. The first-order valence-corrected chi connectivity index (χ1v) is 7.63. The maximum absolute atomic E-state index is 12.4. The lowest BCUT2D eigenvalue weighted by Gasteiger charge is -2.07. The van der Waals surface area contributed by atoms with Gasteiger partial charge in [-0.05, 0) is 17.7 Å². The van der Waals surface area contributed by atoms with Crippen LogP contribution >= 0.6 is 0 Å². The van der Waals surface area contributed by atoms with Gasteiger partial charge >= 0.3 is 6.18 Å². The van der Waals surface area contributed by atoms with Gasteiger partial charge in [0.1, 0.15) is 5.75 Å². The van der Waals surface area contributed by atoms with E-state index in [9.17, 15) is 21.6 Å². The molecule has 2 rings (SSSR count). The van der Waals surface area contributed by atoms with Crippen molar-refractivity contribution in [2.75, 3.05) is 0 Å². The van der Waals surface area contributed by atoms with Crippen molar-refractivity contribution in [2.24, 2.45) is 0 Å². The van der Waals surface area contributed by atoms with Crippen LogP contribution in [0, 0.1) is 6.92 Å². The Morgan fingerprint density at radius 3 is 2.19 bits per heavy atom. The first-order chi connectivity index (χ1) is 9.66. The summed E-state index contributed by atoms with van der Waals surface area (Å²) in [5.74, 6) is -0.643. The molecule has 1 aromatic heterocycles. The second-order valence-corrected chi connectivity index (χ2v) is 6.51. The monoisotopic (exact) mass is 320 g/mol.